The molecule has 40 heavy (non-hydrogen) atoms. The largest absolute Gasteiger partial charge is 0.383 e. The van der Waals surface area contributed by atoms with Crippen molar-refractivity contribution in [3.05, 3.63) is 23.2 Å². The van der Waals surface area contributed by atoms with Crippen LogP contribution in [0.15, 0.2) is 12.7 Å². The van der Waals surface area contributed by atoms with Crippen molar-refractivity contribution in [2.45, 2.75) is 63.5 Å². The van der Waals surface area contributed by atoms with Crippen LogP contribution < -0.4 is 10.6 Å². The lowest BCUT2D eigenvalue weighted by Gasteiger charge is -2.12. The highest BCUT2D eigenvalue weighted by Gasteiger charge is 2.22. The van der Waals surface area contributed by atoms with Gasteiger partial charge in [0.25, 0.3) is 0 Å². The summed E-state index contributed by atoms with van der Waals surface area (Å²) in [5, 5.41) is 6.89. The first-order chi connectivity index (χ1) is 19.6. The molecule has 0 spiro atoms. The zero-order valence-corrected chi connectivity index (χ0v) is 24.5. The Balaban J connectivity index is 0.000000161. The van der Waals surface area contributed by atoms with Crippen molar-refractivity contribution in [3.63, 3.8) is 0 Å². The van der Waals surface area contributed by atoms with E-state index in [0.717, 1.165) is 22.3 Å². The fourth-order valence-corrected chi connectivity index (χ4v) is 5.80. The average molecular weight is 592 g/mol. The average Bonchev–Trinajstić information content (AvgIpc) is 3.75. The van der Waals surface area contributed by atoms with Crippen LogP contribution in [0.25, 0.3) is 22.3 Å². The van der Waals surface area contributed by atoms with Crippen LogP contribution in [0.2, 0.25) is 10.6 Å². The van der Waals surface area contributed by atoms with Gasteiger partial charge in [-0.2, -0.15) is 19.9 Å². The van der Waals surface area contributed by atoms with E-state index in [1.54, 1.807) is 14.2 Å². The van der Waals surface area contributed by atoms with Gasteiger partial charge in [-0.1, -0.05) is 25.7 Å². The molecule has 0 unspecified atom stereocenters. The van der Waals surface area contributed by atoms with Crippen LogP contribution >= 0.6 is 23.2 Å². The van der Waals surface area contributed by atoms with Gasteiger partial charge in [0.15, 0.2) is 34.0 Å². The summed E-state index contributed by atoms with van der Waals surface area (Å²) < 4.78 is 14.3. The topological polar surface area (TPSA) is 130 Å². The monoisotopic (exact) mass is 590 g/mol. The predicted octanol–water partition coefficient (Wildman–Crippen LogP) is 5.31. The maximum atomic E-state index is 6.04. The molecule has 0 aliphatic heterocycles. The number of nitrogens with zero attached hydrogens (tertiary/aromatic N) is 8. The molecule has 0 radical (unpaired) electrons. The Labute approximate surface area is 243 Å². The summed E-state index contributed by atoms with van der Waals surface area (Å²) >= 11 is 12.1. The smallest absolute Gasteiger partial charge is 0.226 e. The first-order valence-corrected chi connectivity index (χ1v) is 14.6. The summed E-state index contributed by atoms with van der Waals surface area (Å²) in [7, 11) is 3.33. The van der Waals surface area contributed by atoms with E-state index in [1.165, 1.54) is 51.4 Å². The fraction of sp³-hybridized carbons (Fsp3) is 0.615. The number of ether oxygens (including phenoxy) is 2. The summed E-state index contributed by atoms with van der Waals surface area (Å²) in [6.07, 6.45) is 13.5. The van der Waals surface area contributed by atoms with E-state index in [9.17, 15) is 0 Å². The summed E-state index contributed by atoms with van der Waals surface area (Å²) in [5.41, 5.74) is 3.18. The van der Waals surface area contributed by atoms with Crippen LogP contribution in [0, 0.1) is 0 Å². The molecule has 4 aromatic heterocycles. The van der Waals surface area contributed by atoms with E-state index < -0.39 is 0 Å². The van der Waals surface area contributed by atoms with Gasteiger partial charge < -0.3 is 29.2 Å². The Morgan fingerprint density at radius 3 is 1.48 bits per heavy atom. The summed E-state index contributed by atoms with van der Waals surface area (Å²) in [6.45, 7) is 2.53. The van der Waals surface area contributed by atoms with Gasteiger partial charge in [0, 0.05) is 39.4 Å². The molecule has 0 atom stereocenters. The molecule has 216 valence electrons. The minimum atomic E-state index is 0.247. The fourth-order valence-electron chi connectivity index (χ4n) is 5.47. The van der Waals surface area contributed by atoms with Crippen molar-refractivity contribution >= 4 is 57.2 Å². The molecule has 4 aromatic rings. The first kappa shape index (κ1) is 28.7. The number of aromatic nitrogens is 8. The molecule has 2 saturated carbocycles. The van der Waals surface area contributed by atoms with E-state index in [1.807, 2.05) is 12.7 Å². The van der Waals surface area contributed by atoms with Gasteiger partial charge in [0.1, 0.15) is 0 Å². The van der Waals surface area contributed by atoms with Crippen molar-refractivity contribution in [2.75, 3.05) is 51.2 Å². The summed E-state index contributed by atoms with van der Waals surface area (Å²) in [5.74, 6) is 1.35. The maximum absolute atomic E-state index is 6.04. The third kappa shape index (κ3) is 6.56. The molecule has 2 aliphatic rings. The Hall–Kier alpha value is -2.80. The molecule has 2 aliphatic carbocycles. The van der Waals surface area contributed by atoms with Gasteiger partial charge in [-0.25, -0.2) is 9.97 Å². The lowest BCUT2D eigenvalue weighted by Crippen LogP contribution is -2.10. The molecular formula is C26H36Cl2N10O2. The lowest BCUT2D eigenvalue weighted by atomic mass is 10.2. The predicted molar refractivity (Wildman–Crippen MR) is 156 cm³/mol. The lowest BCUT2D eigenvalue weighted by molar-refractivity contribution is 0.210. The quantitative estimate of drug-likeness (QED) is 0.185. The van der Waals surface area contributed by atoms with E-state index in [0.29, 0.717) is 50.0 Å². The second-order valence-electron chi connectivity index (χ2n) is 10.0. The maximum Gasteiger partial charge on any atom is 0.226 e. The molecule has 6 rings (SSSR count). The number of anilines is 2. The third-order valence-corrected chi connectivity index (χ3v) is 7.76. The summed E-state index contributed by atoms with van der Waals surface area (Å²) in [6, 6.07) is 0.968. The van der Waals surface area contributed by atoms with E-state index >= 15 is 0 Å². The van der Waals surface area contributed by atoms with Gasteiger partial charge in [-0.15, -0.1) is 0 Å². The highest BCUT2D eigenvalue weighted by Crippen LogP contribution is 2.34. The van der Waals surface area contributed by atoms with Crippen LogP contribution in [0.3, 0.4) is 0 Å². The number of nitrogens with one attached hydrogen (secondary N) is 2. The van der Waals surface area contributed by atoms with Crippen LogP contribution in [-0.4, -0.2) is 79.6 Å². The number of hydrogen-bond acceptors (Lipinski definition) is 10. The highest BCUT2D eigenvalue weighted by molar-refractivity contribution is 6.29. The SMILES string of the molecule is COCCNc1nc(Cl)nc2c1ncn2C1CCCC1.COCCNc1nc(Cl)nc2c1ncn2C1CCCC1. The molecular weight excluding hydrogens is 555 g/mol. The van der Waals surface area contributed by atoms with Crippen LogP contribution in [-0.2, 0) is 9.47 Å². The Bertz CT molecular complexity index is 1290. The van der Waals surface area contributed by atoms with Gasteiger partial charge in [0.05, 0.1) is 25.9 Å². The number of rotatable bonds is 10. The van der Waals surface area contributed by atoms with E-state index in [4.69, 9.17) is 32.7 Å². The first-order valence-electron chi connectivity index (χ1n) is 13.8. The molecule has 14 heteroatoms. The molecule has 12 nitrogen and oxygen atoms in total. The molecule has 0 amide bonds. The van der Waals surface area contributed by atoms with Crippen molar-refractivity contribution in [1.82, 2.24) is 39.0 Å². The van der Waals surface area contributed by atoms with Crippen LogP contribution in [0.4, 0.5) is 11.6 Å². The zero-order chi connectivity index (χ0) is 27.9. The molecule has 2 N–H and O–H groups in total. The van der Waals surface area contributed by atoms with Gasteiger partial charge >= 0.3 is 0 Å². The Kier molecular flexibility index (Phi) is 9.84. The number of methoxy groups -OCH3 is 2. The standard InChI is InChI=1S/2C13H18ClN5O/c2*1-20-7-6-15-11-10-12(18-13(14)17-11)19(8-16-10)9-4-2-3-5-9/h2*8-9H,2-7H2,1H3,(H,15,17,18). The molecule has 4 heterocycles. The van der Waals surface area contributed by atoms with Crippen molar-refractivity contribution < 1.29 is 9.47 Å². The molecule has 2 fully saturated rings. The molecule has 0 aromatic carbocycles. The van der Waals surface area contributed by atoms with Gasteiger partial charge in [0.2, 0.25) is 10.6 Å². The van der Waals surface area contributed by atoms with Gasteiger partial charge in [-0.05, 0) is 48.9 Å². The van der Waals surface area contributed by atoms with Crippen molar-refractivity contribution in [1.29, 1.82) is 0 Å². The summed E-state index contributed by atoms with van der Waals surface area (Å²) in [4.78, 5) is 26.1. The van der Waals surface area contributed by atoms with E-state index in [-0.39, 0.29) is 10.6 Å². The van der Waals surface area contributed by atoms with E-state index in [2.05, 4.69) is 49.7 Å². The minimum absolute atomic E-state index is 0.247. The van der Waals surface area contributed by atoms with Crippen LogP contribution in [0.5, 0.6) is 0 Å². The normalized spacial score (nSPS) is 16.1. The minimum Gasteiger partial charge on any atom is -0.383 e. The van der Waals surface area contributed by atoms with Crippen molar-refractivity contribution in [3.8, 4) is 0 Å². The Morgan fingerprint density at radius 2 is 1.10 bits per heavy atom. The third-order valence-electron chi connectivity index (χ3n) is 7.42. The zero-order valence-electron chi connectivity index (χ0n) is 22.9. The molecule has 0 bridgehead atoms. The second kappa shape index (κ2) is 13.7. The van der Waals surface area contributed by atoms with Crippen molar-refractivity contribution in [2.24, 2.45) is 0 Å². The molecule has 0 saturated heterocycles. The van der Waals surface area contributed by atoms with Crippen LogP contribution in [0.1, 0.15) is 63.5 Å². The number of imidazole rings is 2. The highest BCUT2D eigenvalue weighted by atomic mass is 35.5. The van der Waals surface area contributed by atoms with Gasteiger partial charge in [-0.3, -0.25) is 0 Å². The number of fused-ring (bicyclic) bond motifs is 2. The number of hydrogen-bond donors (Lipinski definition) is 2. The number of halogens is 2. The second-order valence-corrected chi connectivity index (χ2v) is 10.7. The Morgan fingerprint density at radius 1 is 0.700 bits per heavy atom.